The van der Waals surface area contributed by atoms with E-state index in [1.165, 1.54) is 57.8 Å². The van der Waals surface area contributed by atoms with E-state index in [2.05, 4.69) is 44.0 Å². The van der Waals surface area contributed by atoms with Crippen LogP contribution in [0.1, 0.15) is 75.1 Å². The molecule has 0 atom stereocenters. The summed E-state index contributed by atoms with van der Waals surface area (Å²) in [6.07, 6.45) is 11.7. The first-order valence-electron chi connectivity index (χ1n) is 14.9. The fourth-order valence-electron chi connectivity index (χ4n) is 6.96. The van der Waals surface area contributed by atoms with Gasteiger partial charge in [-0.3, -0.25) is 19.4 Å². The van der Waals surface area contributed by atoms with Crippen molar-refractivity contribution < 1.29 is 9.59 Å². The molecule has 0 unspecified atom stereocenters. The molecule has 1 N–H and O–H groups in total. The Balaban J connectivity index is 1.02. The molecule has 1 aromatic rings. The maximum Gasteiger partial charge on any atom is 0.251 e. The van der Waals surface area contributed by atoms with Gasteiger partial charge < -0.3 is 15.1 Å². The largest absolute Gasteiger partial charge is 0.369 e. The second-order valence-electron chi connectivity index (χ2n) is 12.1. The highest BCUT2D eigenvalue weighted by atomic mass is 16.2. The number of carbonyl (C=O) groups excluding carboxylic acids is 2. The highest BCUT2D eigenvalue weighted by Gasteiger charge is 2.37. The maximum atomic E-state index is 13.0. The molecule has 7 nitrogen and oxygen atoms in total. The van der Waals surface area contributed by atoms with Gasteiger partial charge in [0, 0.05) is 75.7 Å². The molecule has 37 heavy (non-hydrogen) atoms. The molecule has 0 radical (unpaired) electrons. The van der Waals surface area contributed by atoms with Crippen molar-refractivity contribution >= 4 is 17.5 Å². The highest BCUT2D eigenvalue weighted by Crippen LogP contribution is 2.35. The van der Waals surface area contributed by atoms with Crippen LogP contribution in [-0.4, -0.2) is 97.5 Å². The van der Waals surface area contributed by atoms with E-state index < -0.39 is 0 Å². The second kappa shape index (κ2) is 12.2. The quantitative estimate of drug-likeness (QED) is 0.609. The van der Waals surface area contributed by atoms with Crippen LogP contribution >= 0.6 is 0 Å². The van der Waals surface area contributed by atoms with Crippen LogP contribution in [-0.2, 0) is 4.79 Å². The second-order valence-corrected chi connectivity index (χ2v) is 12.1. The van der Waals surface area contributed by atoms with Crippen molar-refractivity contribution in [1.82, 2.24) is 20.0 Å². The van der Waals surface area contributed by atoms with Gasteiger partial charge >= 0.3 is 0 Å². The molecule has 0 aromatic heterocycles. The molecule has 2 amide bonds. The molecule has 2 aliphatic heterocycles. The smallest absolute Gasteiger partial charge is 0.251 e. The molecule has 7 heteroatoms. The van der Waals surface area contributed by atoms with E-state index in [4.69, 9.17) is 0 Å². The Morgan fingerprint density at radius 3 is 2.14 bits per heavy atom. The zero-order valence-corrected chi connectivity index (χ0v) is 22.9. The van der Waals surface area contributed by atoms with Gasteiger partial charge in [0.15, 0.2) is 0 Å². The van der Waals surface area contributed by atoms with E-state index in [-0.39, 0.29) is 11.8 Å². The lowest BCUT2D eigenvalue weighted by Gasteiger charge is -2.44. The van der Waals surface area contributed by atoms with E-state index in [9.17, 15) is 9.59 Å². The van der Waals surface area contributed by atoms with Gasteiger partial charge in [-0.15, -0.1) is 0 Å². The lowest BCUT2D eigenvalue weighted by Crippen LogP contribution is -2.57. The van der Waals surface area contributed by atoms with Crippen molar-refractivity contribution in [3.8, 4) is 0 Å². The first-order chi connectivity index (χ1) is 18.0. The van der Waals surface area contributed by atoms with Gasteiger partial charge in [0.2, 0.25) is 5.91 Å². The van der Waals surface area contributed by atoms with Gasteiger partial charge in [0.1, 0.15) is 0 Å². The van der Waals surface area contributed by atoms with E-state index in [1.807, 2.05) is 12.1 Å². The van der Waals surface area contributed by atoms with Crippen LogP contribution in [0.15, 0.2) is 24.3 Å². The number of carbonyl (C=O) groups is 2. The average molecular weight is 510 g/mol. The molecular weight excluding hydrogens is 462 g/mol. The average Bonchev–Trinajstić information content (AvgIpc) is 3.40. The molecule has 0 spiro atoms. The van der Waals surface area contributed by atoms with Gasteiger partial charge in [-0.25, -0.2) is 0 Å². The van der Waals surface area contributed by atoms with Gasteiger partial charge in [-0.1, -0.05) is 32.1 Å². The Kier molecular flexibility index (Phi) is 8.71. The summed E-state index contributed by atoms with van der Waals surface area (Å²) in [5, 5.41) is 3.14. The monoisotopic (exact) mass is 509 g/mol. The standard InChI is InChI=1S/C30H47N5O2/c1-30(13-5-6-14-30)35-21-19-34(20-22-35)28(36)24-32-15-17-33(18-16-32)27-11-9-26(10-12-27)29(37)31-23-25-7-3-2-4-8-25/h9-12,25H,2-8,13-24H2,1H3,(H,31,37). The van der Waals surface area contributed by atoms with Gasteiger partial charge in [0.05, 0.1) is 6.54 Å². The Bertz CT molecular complexity index is 891. The Hall–Kier alpha value is -2.12. The van der Waals surface area contributed by atoms with Crippen molar-refractivity contribution in [2.45, 2.75) is 70.3 Å². The van der Waals surface area contributed by atoms with Crippen LogP contribution in [0.4, 0.5) is 5.69 Å². The first-order valence-corrected chi connectivity index (χ1v) is 14.9. The van der Waals surface area contributed by atoms with Crippen molar-refractivity contribution in [2.75, 3.05) is 70.3 Å². The number of nitrogens with zero attached hydrogens (tertiary/aromatic N) is 4. The molecule has 2 saturated heterocycles. The third kappa shape index (κ3) is 6.66. The number of hydrogen-bond donors (Lipinski definition) is 1. The van der Waals surface area contributed by atoms with E-state index in [0.29, 0.717) is 18.0 Å². The Morgan fingerprint density at radius 1 is 0.838 bits per heavy atom. The normalized spacial score (nSPS) is 23.8. The van der Waals surface area contributed by atoms with Crippen LogP contribution in [0, 0.1) is 5.92 Å². The maximum absolute atomic E-state index is 13.0. The van der Waals surface area contributed by atoms with Crippen LogP contribution in [0.3, 0.4) is 0 Å². The van der Waals surface area contributed by atoms with Crippen molar-refractivity contribution in [1.29, 1.82) is 0 Å². The molecule has 2 aliphatic carbocycles. The first kappa shape index (κ1) is 26.5. The minimum atomic E-state index is 0.0404. The number of rotatable bonds is 7. The summed E-state index contributed by atoms with van der Waals surface area (Å²) >= 11 is 0. The minimum Gasteiger partial charge on any atom is -0.369 e. The molecule has 4 fully saturated rings. The molecular formula is C30H47N5O2. The third-order valence-corrected chi connectivity index (χ3v) is 9.58. The third-order valence-electron chi connectivity index (χ3n) is 9.58. The van der Waals surface area contributed by atoms with Gasteiger partial charge in [-0.2, -0.15) is 0 Å². The number of amides is 2. The van der Waals surface area contributed by atoms with Gasteiger partial charge in [-0.05, 0) is 62.8 Å². The summed E-state index contributed by atoms with van der Waals surface area (Å²) in [5.41, 5.74) is 2.26. The van der Waals surface area contributed by atoms with E-state index in [0.717, 1.165) is 70.2 Å². The van der Waals surface area contributed by atoms with Crippen LogP contribution in [0.25, 0.3) is 0 Å². The van der Waals surface area contributed by atoms with Crippen LogP contribution in [0.5, 0.6) is 0 Å². The summed E-state index contributed by atoms with van der Waals surface area (Å²) in [6, 6.07) is 8.04. The summed E-state index contributed by atoms with van der Waals surface area (Å²) in [4.78, 5) is 35.0. The van der Waals surface area contributed by atoms with E-state index in [1.54, 1.807) is 0 Å². The number of piperazine rings is 2. The molecule has 2 heterocycles. The summed E-state index contributed by atoms with van der Waals surface area (Å²) < 4.78 is 0. The lowest BCUT2D eigenvalue weighted by atomic mass is 9.89. The zero-order valence-electron chi connectivity index (χ0n) is 22.9. The molecule has 204 valence electrons. The van der Waals surface area contributed by atoms with Crippen molar-refractivity contribution in [3.05, 3.63) is 29.8 Å². The number of nitrogens with one attached hydrogen (secondary N) is 1. The SMILES string of the molecule is CC1(N2CCN(C(=O)CN3CCN(c4ccc(C(=O)NCC5CCCCC5)cc4)CC3)CC2)CCCC1. The predicted octanol–water partition coefficient (Wildman–Crippen LogP) is 3.60. The summed E-state index contributed by atoms with van der Waals surface area (Å²) in [7, 11) is 0. The number of benzene rings is 1. The van der Waals surface area contributed by atoms with Crippen molar-refractivity contribution in [3.63, 3.8) is 0 Å². The molecule has 0 bridgehead atoms. The molecule has 4 aliphatic rings. The fourth-order valence-corrected chi connectivity index (χ4v) is 6.96. The Morgan fingerprint density at radius 2 is 1.49 bits per heavy atom. The number of hydrogen-bond acceptors (Lipinski definition) is 5. The van der Waals surface area contributed by atoms with Crippen LogP contribution in [0.2, 0.25) is 0 Å². The number of anilines is 1. The predicted molar refractivity (Wildman–Crippen MR) is 149 cm³/mol. The minimum absolute atomic E-state index is 0.0404. The van der Waals surface area contributed by atoms with Gasteiger partial charge in [0.25, 0.3) is 5.91 Å². The lowest BCUT2D eigenvalue weighted by molar-refractivity contribution is -0.135. The summed E-state index contributed by atoms with van der Waals surface area (Å²) in [5.74, 6) is 0.969. The van der Waals surface area contributed by atoms with E-state index >= 15 is 0 Å². The highest BCUT2D eigenvalue weighted by molar-refractivity contribution is 5.94. The fraction of sp³-hybridized carbons (Fsp3) is 0.733. The zero-order chi connectivity index (χ0) is 25.7. The van der Waals surface area contributed by atoms with Crippen molar-refractivity contribution in [2.24, 2.45) is 5.92 Å². The molecule has 2 saturated carbocycles. The molecule has 5 rings (SSSR count). The van der Waals surface area contributed by atoms with Crippen LogP contribution < -0.4 is 10.2 Å². The topological polar surface area (TPSA) is 59.1 Å². The Labute approximate surface area is 223 Å². The summed E-state index contributed by atoms with van der Waals surface area (Å²) in [6.45, 7) is 11.1. The molecule has 1 aromatic carbocycles.